The Bertz CT molecular complexity index is 306. The van der Waals surface area contributed by atoms with Gasteiger partial charge in [0.1, 0.15) is 0 Å². The SMILES string of the molecule is NCCCCC1CCCc2ccccc21. The molecule has 0 aliphatic heterocycles. The van der Waals surface area contributed by atoms with Crippen molar-refractivity contribution < 1.29 is 0 Å². The summed E-state index contributed by atoms with van der Waals surface area (Å²) in [6.45, 7) is 0.842. The summed E-state index contributed by atoms with van der Waals surface area (Å²) >= 11 is 0. The number of rotatable bonds is 4. The zero-order valence-electron chi connectivity index (χ0n) is 9.41. The molecule has 0 saturated carbocycles. The molecule has 0 fully saturated rings. The van der Waals surface area contributed by atoms with E-state index in [-0.39, 0.29) is 0 Å². The third kappa shape index (κ3) is 2.60. The first kappa shape index (κ1) is 10.7. The summed E-state index contributed by atoms with van der Waals surface area (Å²) in [5.74, 6) is 0.807. The largest absolute Gasteiger partial charge is 0.330 e. The van der Waals surface area contributed by atoms with E-state index in [1.807, 2.05) is 0 Å². The highest BCUT2D eigenvalue weighted by molar-refractivity contribution is 5.32. The molecule has 0 aromatic heterocycles. The summed E-state index contributed by atoms with van der Waals surface area (Å²) in [7, 11) is 0. The predicted octanol–water partition coefficient (Wildman–Crippen LogP) is 3.24. The predicted molar refractivity (Wildman–Crippen MR) is 65.0 cm³/mol. The van der Waals surface area contributed by atoms with Crippen molar-refractivity contribution in [1.29, 1.82) is 0 Å². The van der Waals surface area contributed by atoms with Crippen LogP contribution in [0.3, 0.4) is 0 Å². The van der Waals surface area contributed by atoms with Crippen LogP contribution in [0.4, 0.5) is 0 Å². The second-order valence-electron chi connectivity index (χ2n) is 4.57. The van der Waals surface area contributed by atoms with Crippen LogP contribution in [-0.2, 0) is 6.42 Å². The van der Waals surface area contributed by atoms with Crippen molar-refractivity contribution in [2.45, 2.75) is 44.4 Å². The number of benzene rings is 1. The van der Waals surface area contributed by atoms with Crippen LogP contribution >= 0.6 is 0 Å². The van der Waals surface area contributed by atoms with Crippen molar-refractivity contribution in [1.82, 2.24) is 0 Å². The molecule has 0 radical (unpaired) electrons. The summed E-state index contributed by atoms with van der Waals surface area (Å²) in [5, 5.41) is 0. The maximum Gasteiger partial charge on any atom is -0.00773 e. The molecule has 0 spiro atoms. The van der Waals surface area contributed by atoms with Crippen LogP contribution in [0.25, 0.3) is 0 Å². The number of hydrogen-bond acceptors (Lipinski definition) is 1. The maximum atomic E-state index is 5.54. The Morgan fingerprint density at radius 3 is 2.93 bits per heavy atom. The van der Waals surface area contributed by atoms with E-state index in [9.17, 15) is 0 Å². The number of fused-ring (bicyclic) bond motifs is 1. The fourth-order valence-electron chi connectivity index (χ4n) is 2.69. The van der Waals surface area contributed by atoms with Crippen molar-refractivity contribution >= 4 is 0 Å². The van der Waals surface area contributed by atoms with Gasteiger partial charge in [0.2, 0.25) is 0 Å². The molecule has 1 atom stereocenters. The number of nitrogens with two attached hydrogens (primary N) is 1. The van der Waals surface area contributed by atoms with Gasteiger partial charge in [-0.2, -0.15) is 0 Å². The standard InChI is InChI=1S/C14H21N/c15-11-4-3-7-13-9-5-8-12-6-1-2-10-14(12)13/h1-2,6,10,13H,3-5,7-9,11,15H2. The Hall–Kier alpha value is -0.820. The topological polar surface area (TPSA) is 26.0 Å². The highest BCUT2D eigenvalue weighted by atomic mass is 14.5. The third-order valence-corrected chi connectivity index (χ3v) is 3.50. The first-order chi connectivity index (χ1) is 7.42. The molecule has 1 aromatic rings. The van der Waals surface area contributed by atoms with E-state index < -0.39 is 0 Å². The van der Waals surface area contributed by atoms with Crippen LogP contribution in [0, 0.1) is 0 Å². The van der Waals surface area contributed by atoms with Crippen molar-refractivity contribution in [3.63, 3.8) is 0 Å². The second-order valence-corrected chi connectivity index (χ2v) is 4.57. The fourth-order valence-corrected chi connectivity index (χ4v) is 2.69. The smallest absolute Gasteiger partial charge is 0.00773 e. The minimum atomic E-state index is 0.807. The lowest BCUT2D eigenvalue weighted by Crippen LogP contribution is -2.10. The number of aryl methyl sites for hydroxylation is 1. The average molecular weight is 203 g/mol. The third-order valence-electron chi connectivity index (χ3n) is 3.50. The van der Waals surface area contributed by atoms with Crippen LogP contribution in [0.2, 0.25) is 0 Å². The van der Waals surface area contributed by atoms with E-state index >= 15 is 0 Å². The molecule has 1 heteroatoms. The molecule has 1 aliphatic rings. The highest BCUT2D eigenvalue weighted by Crippen LogP contribution is 2.34. The van der Waals surface area contributed by atoms with E-state index in [0.717, 1.165) is 12.5 Å². The van der Waals surface area contributed by atoms with E-state index in [0.29, 0.717) is 0 Å². The first-order valence-electron chi connectivity index (χ1n) is 6.19. The Labute approximate surface area is 92.7 Å². The Kier molecular flexibility index (Phi) is 3.79. The molecule has 1 unspecified atom stereocenters. The van der Waals surface area contributed by atoms with Crippen LogP contribution in [0.15, 0.2) is 24.3 Å². The first-order valence-corrected chi connectivity index (χ1v) is 6.19. The normalized spacial score (nSPS) is 19.9. The minimum absolute atomic E-state index is 0.807. The van der Waals surface area contributed by atoms with Gasteiger partial charge in [0.25, 0.3) is 0 Å². The number of hydrogen-bond donors (Lipinski definition) is 1. The van der Waals surface area contributed by atoms with Crippen LogP contribution in [0.1, 0.15) is 49.1 Å². The van der Waals surface area contributed by atoms with Crippen molar-refractivity contribution in [2.24, 2.45) is 5.73 Å². The van der Waals surface area contributed by atoms with E-state index in [1.165, 1.54) is 38.5 Å². The molecule has 1 aromatic carbocycles. The van der Waals surface area contributed by atoms with Crippen LogP contribution < -0.4 is 5.73 Å². The van der Waals surface area contributed by atoms with E-state index in [4.69, 9.17) is 5.73 Å². The molecule has 15 heavy (non-hydrogen) atoms. The van der Waals surface area contributed by atoms with Gasteiger partial charge in [-0.05, 0) is 55.7 Å². The highest BCUT2D eigenvalue weighted by Gasteiger charge is 2.18. The van der Waals surface area contributed by atoms with Crippen LogP contribution in [-0.4, -0.2) is 6.54 Å². The average Bonchev–Trinajstić information content (AvgIpc) is 2.30. The van der Waals surface area contributed by atoms with Gasteiger partial charge in [0.05, 0.1) is 0 Å². The molecule has 2 N–H and O–H groups in total. The summed E-state index contributed by atoms with van der Waals surface area (Å²) < 4.78 is 0. The van der Waals surface area contributed by atoms with Gasteiger partial charge >= 0.3 is 0 Å². The van der Waals surface area contributed by atoms with E-state index in [1.54, 1.807) is 11.1 Å². The monoisotopic (exact) mass is 203 g/mol. The lowest BCUT2D eigenvalue weighted by Gasteiger charge is -2.25. The summed E-state index contributed by atoms with van der Waals surface area (Å²) in [6.07, 6.45) is 7.82. The molecule has 0 amide bonds. The van der Waals surface area contributed by atoms with Crippen molar-refractivity contribution in [3.05, 3.63) is 35.4 Å². The Morgan fingerprint density at radius 2 is 2.07 bits per heavy atom. The number of unbranched alkanes of at least 4 members (excludes halogenated alkanes) is 1. The van der Waals surface area contributed by atoms with Crippen molar-refractivity contribution in [3.8, 4) is 0 Å². The Morgan fingerprint density at radius 1 is 1.20 bits per heavy atom. The zero-order valence-corrected chi connectivity index (χ0v) is 9.41. The van der Waals surface area contributed by atoms with Gasteiger partial charge in [-0.1, -0.05) is 30.7 Å². The summed E-state index contributed by atoms with van der Waals surface area (Å²) in [6, 6.07) is 8.97. The van der Waals surface area contributed by atoms with Gasteiger partial charge in [0.15, 0.2) is 0 Å². The van der Waals surface area contributed by atoms with Gasteiger partial charge < -0.3 is 5.73 Å². The van der Waals surface area contributed by atoms with Gasteiger partial charge in [0, 0.05) is 0 Å². The van der Waals surface area contributed by atoms with Crippen molar-refractivity contribution in [2.75, 3.05) is 6.54 Å². The van der Waals surface area contributed by atoms with Crippen LogP contribution in [0.5, 0.6) is 0 Å². The lowest BCUT2D eigenvalue weighted by molar-refractivity contribution is 0.497. The molecule has 0 saturated heterocycles. The van der Waals surface area contributed by atoms with Gasteiger partial charge in [-0.3, -0.25) is 0 Å². The molecular formula is C14H21N. The van der Waals surface area contributed by atoms with Gasteiger partial charge in [-0.25, -0.2) is 0 Å². The quantitative estimate of drug-likeness (QED) is 0.747. The minimum Gasteiger partial charge on any atom is -0.330 e. The van der Waals surface area contributed by atoms with E-state index in [2.05, 4.69) is 24.3 Å². The Balaban J connectivity index is 2.02. The molecule has 1 nitrogen and oxygen atoms in total. The fraction of sp³-hybridized carbons (Fsp3) is 0.571. The molecule has 82 valence electrons. The van der Waals surface area contributed by atoms with Gasteiger partial charge in [-0.15, -0.1) is 0 Å². The second kappa shape index (κ2) is 5.32. The summed E-state index contributed by atoms with van der Waals surface area (Å²) in [4.78, 5) is 0. The maximum absolute atomic E-state index is 5.54. The lowest BCUT2D eigenvalue weighted by atomic mass is 9.80. The molecule has 0 heterocycles. The summed E-state index contributed by atoms with van der Waals surface area (Å²) in [5.41, 5.74) is 8.74. The molecule has 0 bridgehead atoms. The zero-order chi connectivity index (χ0) is 10.5. The molecule has 2 rings (SSSR count). The molecule has 1 aliphatic carbocycles. The molecular weight excluding hydrogens is 182 g/mol.